The number of hydrogen-bond donors (Lipinski definition) is 2. The number of rotatable bonds is 7. The number of hydrogen-bond acceptors (Lipinski definition) is 5. The average molecular weight is 334 g/mol. The van der Waals surface area contributed by atoms with E-state index in [1.54, 1.807) is 6.92 Å². The molecule has 23 heavy (non-hydrogen) atoms. The fraction of sp³-hybridized carbons (Fsp3) is 0.412. The van der Waals surface area contributed by atoms with Crippen molar-refractivity contribution in [1.82, 2.24) is 4.98 Å². The zero-order valence-electron chi connectivity index (χ0n) is 13.8. The molecule has 1 aromatic heterocycles. The number of anilines is 1. The van der Waals surface area contributed by atoms with Gasteiger partial charge < -0.3 is 15.2 Å². The van der Waals surface area contributed by atoms with Crippen LogP contribution in [0.2, 0.25) is 0 Å². The third-order valence-electron chi connectivity index (χ3n) is 3.50. The second-order valence-electron chi connectivity index (χ2n) is 5.69. The minimum atomic E-state index is -0.940. The zero-order valence-corrected chi connectivity index (χ0v) is 14.7. The maximum Gasteiger partial charge on any atom is 0.347 e. The first-order chi connectivity index (χ1) is 10.9. The minimum absolute atomic E-state index is 0.272. The molecule has 0 spiro atoms. The van der Waals surface area contributed by atoms with E-state index in [4.69, 9.17) is 9.84 Å². The van der Waals surface area contributed by atoms with E-state index in [2.05, 4.69) is 37.1 Å². The zero-order chi connectivity index (χ0) is 17.0. The van der Waals surface area contributed by atoms with Gasteiger partial charge in [-0.05, 0) is 43.0 Å². The number of carboxylic acid groups (broad SMARTS) is 1. The first kappa shape index (κ1) is 17.3. The fourth-order valence-corrected chi connectivity index (χ4v) is 3.21. The Morgan fingerprint density at radius 3 is 2.70 bits per heavy atom. The summed E-state index contributed by atoms with van der Waals surface area (Å²) in [7, 11) is 0. The van der Waals surface area contributed by atoms with Gasteiger partial charge in [0.15, 0.2) is 5.13 Å². The highest BCUT2D eigenvalue weighted by molar-refractivity contribution is 7.17. The first-order valence-electron chi connectivity index (χ1n) is 7.56. The van der Waals surface area contributed by atoms with Crippen LogP contribution in [0.4, 0.5) is 5.13 Å². The summed E-state index contributed by atoms with van der Waals surface area (Å²) in [5.74, 6) is 0.405. The maximum atomic E-state index is 11.0. The molecular formula is C17H22N2O3S. The molecule has 0 saturated heterocycles. The third kappa shape index (κ3) is 4.45. The number of thiazole rings is 1. The van der Waals surface area contributed by atoms with Gasteiger partial charge in [0, 0.05) is 0 Å². The van der Waals surface area contributed by atoms with Gasteiger partial charge in [-0.1, -0.05) is 31.3 Å². The van der Waals surface area contributed by atoms with Gasteiger partial charge in [-0.25, -0.2) is 9.78 Å². The van der Waals surface area contributed by atoms with Crippen LogP contribution in [0.25, 0.3) is 0 Å². The number of aromatic carboxylic acids is 1. The van der Waals surface area contributed by atoms with E-state index >= 15 is 0 Å². The van der Waals surface area contributed by atoms with Crippen molar-refractivity contribution in [2.24, 2.45) is 0 Å². The highest BCUT2D eigenvalue weighted by atomic mass is 32.1. The lowest BCUT2D eigenvalue weighted by Gasteiger charge is -2.12. The Kier molecular flexibility index (Phi) is 5.60. The van der Waals surface area contributed by atoms with Crippen LogP contribution in [0.1, 0.15) is 46.3 Å². The Labute approximate surface area is 140 Å². The van der Waals surface area contributed by atoms with Gasteiger partial charge >= 0.3 is 5.97 Å². The molecule has 2 N–H and O–H groups in total. The van der Waals surface area contributed by atoms with Crippen LogP contribution in [-0.4, -0.2) is 29.2 Å². The van der Waals surface area contributed by atoms with Gasteiger partial charge in [-0.3, -0.25) is 0 Å². The number of benzene rings is 1. The fourth-order valence-electron chi connectivity index (χ4n) is 2.38. The molecule has 0 aliphatic rings. The van der Waals surface area contributed by atoms with Crippen molar-refractivity contribution in [2.75, 3.05) is 18.5 Å². The largest absolute Gasteiger partial charge is 0.492 e. The quantitative estimate of drug-likeness (QED) is 0.747. The summed E-state index contributed by atoms with van der Waals surface area (Å²) in [6.45, 7) is 9.19. The lowest BCUT2D eigenvalue weighted by atomic mass is 9.98. The number of nitrogens with zero attached hydrogens (tertiary/aromatic N) is 1. The SMILES string of the molecule is Cc1cc(OCCNc2nc(C)c(C(=O)O)s2)ccc1C(C)C. The number of nitrogens with one attached hydrogen (secondary N) is 1. The monoisotopic (exact) mass is 334 g/mol. The van der Waals surface area contributed by atoms with Crippen LogP contribution in [0, 0.1) is 13.8 Å². The van der Waals surface area contributed by atoms with E-state index in [9.17, 15) is 4.79 Å². The predicted molar refractivity (Wildman–Crippen MR) is 93.1 cm³/mol. The van der Waals surface area contributed by atoms with Crippen LogP contribution >= 0.6 is 11.3 Å². The number of ether oxygens (including phenoxy) is 1. The van der Waals surface area contributed by atoms with E-state index in [-0.39, 0.29) is 4.88 Å². The van der Waals surface area contributed by atoms with Crippen molar-refractivity contribution >= 4 is 22.4 Å². The number of carbonyl (C=O) groups is 1. The second-order valence-corrected chi connectivity index (χ2v) is 6.69. The molecule has 1 aromatic carbocycles. The Morgan fingerprint density at radius 1 is 1.39 bits per heavy atom. The summed E-state index contributed by atoms with van der Waals surface area (Å²) in [6.07, 6.45) is 0. The number of aryl methyl sites for hydroxylation is 2. The third-order valence-corrected chi connectivity index (χ3v) is 4.60. The summed E-state index contributed by atoms with van der Waals surface area (Å²) >= 11 is 1.14. The standard InChI is InChI=1S/C17H22N2O3S/c1-10(2)14-6-5-13(9-11(14)3)22-8-7-18-17-19-12(4)15(23-17)16(20)21/h5-6,9-10H,7-8H2,1-4H3,(H,18,19)(H,20,21). The number of carboxylic acids is 1. The Morgan fingerprint density at radius 2 is 2.13 bits per heavy atom. The highest BCUT2D eigenvalue weighted by Crippen LogP contribution is 2.24. The van der Waals surface area contributed by atoms with Crippen molar-refractivity contribution in [3.05, 3.63) is 39.9 Å². The molecule has 0 saturated carbocycles. The first-order valence-corrected chi connectivity index (χ1v) is 8.38. The second kappa shape index (κ2) is 7.46. The van der Waals surface area contributed by atoms with E-state index in [1.165, 1.54) is 11.1 Å². The van der Waals surface area contributed by atoms with E-state index in [1.807, 2.05) is 12.1 Å². The Balaban J connectivity index is 1.85. The van der Waals surface area contributed by atoms with E-state index in [0.29, 0.717) is 29.9 Å². The maximum absolute atomic E-state index is 11.0. The van der Waals surface area contributed by atoms with Gasteiger partial charge in [0.2, 0.25) is 0 Å². The average Bonchev–Trinajstić information content (AvgIpc) is 2.84. The summed E-state index contributed by atoms with van der Waals surface area (Å²) in [5.41, 5.74) is 3.09. The molecule has 0 fully saturated rings. The molecule has 0 aliphatic carbocycles. The van der Waals surface area contributed by atoms with Crippen LogP contribution < -0.4 is 10.1 Å². The smallest absolute Gasteiger partial charge is 0.347 e. The van der Waals surface area contributed by atoms with Crippen molar-refractivity contribution in [3.63, 3.8) is 0 Å². The van der Waals surface area contributed by atoms with Crippen molar-refractivity contribution in [1.29, 1.82) is 0 Å². The molecule has 0 aliphatic heterocycles. The minimum Gasteiger partial charge on any atom is -0.492 e. The van der Waals surface area contributed by atoms with Crippen LogP contribution in [0.5, 0.6) is 5.75 Å². The van der Waals surface area contributed by atoms with Crippen molar-refractivity contribution < 1.29 is 14.6 Å². The predicted octanol–water partition coefficient (Wildman–Crippen LogP) is 4.07. The molecule has 2 aromatic rings. The van der Waals surface area contributed by atoms with Gasteiger partial charge in [0.25, 0.3) is 0 Å². The lowest BCUT2D eigenvalue weighted by Crippen LogP contribution is -2.11. The molecule has 6 heteroatoms. The van der Waals surface area contributed by atoms with Gasteiger partial charge in [-0.2, -0.15) is 0 Å². The summed E-state index contributed by atoms with van der Waals surface area (Å²) in [5, 5.41) is 12.7. The Hall–Kier alpha value is -2.08. The van der Waals surface area contributed by atoms with Gasteiger partial charge in [-0.15, -0.1) is 0 Å². The number of aromatic nitrogens is 1. The van der Waals surface area contributed by atoms with Crippen molar-refractivity contribution in [2.45, 2.75) is 33.6 Å². The Bertz CT molecular complexity index is 695. The summed E-state index contributed by atoms with van der Waals surface area (Å²) in [6, 6.07) is 6.13. The molecule has 0 amide bonds. The molecule has 1 heterocycles. The van der Waals surface area contributed by atoms with Gasteiger partial charge in [0.05, 0.1) is 12.2 Å². The van der Waals surface area contributed by atoms with E-state index in [0.717, 1.165) is 17.1 Å². The molecule has 124 valence electrons. The topological polar surface area (TPSA) is 71.5 Å². The van der Waals surface area contributed by atoms with Crippen LogP contribution in [0.3, 0.4) is 0 Å². The van der Waals surface area contributed by atoms with E-state index < -0.39 is 5.97 Å². The highest BCUT2D eigenvalue weighted by Gasteiger charge is 2.13. The molecule has 5 nitrogen and oxygen atoms in total. The van der Waals surface area contributed by atoms with Crippen LogP contribution in [0.15, 0.2) is 18.2 Å². The molecule has 2 rings (SSSR count). The molecule has 0 atom stereocenters. The summed E-state index contributed by atoms with van der Waals surface area (Å²) in [4.78, 5) is 15.4. The molecular weight excluding hydrogens is 312 g/mol. The van der Waals surface area contributed by atoms with Gasteiger partial charge in [0.1, 0.15) is 17.2 Å². The lowest BCUT2D eigenvalue weighted by molar-refractivity contribution is 0.0701. The molecule has 0 bridgehead atoms. The summed E-state index contributed by atoms with van der Waals surface area (Å²) < 4.78 is 5.73. The molecule has 0 unspecified atom stereocenters. The van der Waals surface area contributed by atoms with Crippen LogP contribution in [-0.2, 0) is 0 Å². The normalized spacial score (nSPS) is 10.8. The van der Waals surface area contributed by atoms with Crippen molar-refractivity contribution in [3.8, 4) is 5.75 Å². The molecule has 0 radical (unpaired) electrons.